The molecule has 0 aliphatic carbocycles. The van der Waals surface area contributed by atoms with Crippen molar-refractivity contribution < 1.29 is 4.79 Å². The second-order valence-electron chi connectivity index (χ2n) is 6.99. The lowest BCUT2D eigenvalue weighted by Gasteiger charge is -2.39. The molecule has 1 aliphatic rings. The van der Waals surface area contributed by atoms with Gasteiger partial charge in [-0.2, -0.15) is 5.10 Å². The summed E-state index contributed by atoms with van der Waals surface area (Å²) in [6.45, 7) is 5.39. The highest BCUT2D eigenvalue weighted by molar-refractivity contribution is 5.94. The van der Waals surface area contributed by atoms with E-state index in [4.69, 9.17) is 0 Å². The van der Waals surface area contributed by atoms with Crippen molar-refractivity contribution in [1.82, 2.24) is 29.1 Å². The van der Waals surface area contributed by atoms with E-state index in [0.717, 1.165) is 32.1 Å². The average molecular weight is 345 g/mol. The number of hydrogen-bond acceptors (Lipinski definition) is 5. The van der Waals surface area contributed by atoms with Crippen LogP contribution >= 0.6 is 0 Å². The first-order chi connectivity index (χ1) is 11.9. The number of carbonyl (C=O) groups excluding carboxylic acids is 1. The van der Waals surface area contributed by atoms with Crippen LogP contribution in [-0.4, -0.2) is 74.8 Å². The molecule has 3 heterocycles. The van der Waals surface area contributed by atoms with E-state index in [1.807, 2.05) is 44.2 Å². The first-order valence-electron chi connectivity index (χ1n) is 8.56. The molecule has 1 aliphatic heterocycles. The Hall–Kier alpha value is -2.35. The summed E-state index contributed by atoms with van der Waals surface area (Å²) in [6.07, 6.45) is 5.35. The summed E-state index contributed by atoms with van der Waals surface area (Å²) < 4.78 is 3.79. The minimum absolute atomic E-state index is 0.0654. The van der Waals surface area contributed by atoms with E-state index in [1.165, 1.54) is 5.69 Å². The third-order valence-corrected chi connectivity index (χ3v) is 4.77. The fraction of sp³-hybridized carbons (Fsp3) is 0.588. The second-order valence-corrected chi connectivity index (χ2v) is 6.99. The Bertz CT molecular complexity index is 748. The summed E-state index contributed by atoms with van der Waals surface area (Å²) in [5.41, 5.74) is 1.84. The van der Waals surface area contributed by atoms with Crippen molar-refractivity contribution in [2.24, 2.45) is 14.1 Å². The molecule has 0 saturated carbocycles. The lowest BCUT2D eigenvalue weighted by molar-refractivity contribution is 0.0471. The van der Waals surface area contributed by atoms with Crippen molar-refractivity contribution in [3.8, 4) is 0 Å². The highest BCUT2D eigenvalue weighted by Gasteiger charge is 2.29. The van der Waals surface area contributed by atoms with E-state index in [-0.39, 0.29) is 11.9 Å². The minimum atomic E-state index is 0.0654. The highest BCUT2D eigenvalue weighted by atomic mass is 16.2. The van der Waals surface area contributed by atoms with Gasteiger partial charge < -0.3 is 14.4 Å². The van der Waals surface area contributed by atoms with Gasteiger partial charge in [0.25, 0.3) is 5.91 Å². The Morgan fingerprint density at radius 2 is 2.04 bits per heavy atom. The number of piperazine rings is 1. The van der Waals surface area contributed by atoms with Crippen molar-refractivity contribution in [2.75, 3.05) is 38.6 Å². The van der Waals surface area contributed by atoms with E-state index in [0.29, 0.717) is 5.56 Å². The van der Waals surface area contributed by atoms with Gasteiger partial charge in [-0.25, -0.2) is 4.98 Å². The molecule has 2 aromatic heterocycles. The van der Waals surface area contributed by atoms with Crippen LogP contribution in [0.3, 0.4) is 0 Å². The topological polar surface area (TPSA) is 62.4 Å². The number of nitrogens with zero attached hydrogens (tertiary/aromatic N) is 7. The summed E-state index contributed by atoms with van der Waals surface area (Å²) in [6, 6.07) is 0.169. The minimum Gasteiger partial charge on any atom is -0.348 e. The fourth-order valence-corrected chi connectivity index (χ4v) is 3.40. The average Bonchev–Trinajstić information content (AvgIpc) is 3.14. The van der Waals surface area contributed by atoms with E-state index >= 15 is 0 Å². The molecule has 8 heteroatoms. The Kier molecular flexibility index (Phi) is 4.80. The summed E-state index contributed by atoms with van der Waals surface area (Å²) in [5.74, 6) is 1.02. The van der Waals surface area contributed by atoms with Gasteiger partial charge in [0.05, 0.1) is 23.7 Å². The van der Waals surface area contributed by atoms with E-state index in [2.05, 4.69) is 26.5 Å². The monoisotopic (exact) mass is 345 g/mol. The predicted molar refractivity (Wildman–Crippen MR) is 96.5 cm³/mol. The number of amides is 1. The summed E-state index contributed by atoms with van der Waals surface area (Å²) in [5, 5.41) is 4.10. The zero-order chi connectivity index (χ0) is 18.1. The van der Waals surface area contributed by atoms with Crippen LogP contribution in [0.2, 0.25) is 0 Å². The third kappa shape index (κ3) is 3.53. The van der Waals surface area contributed by atoms with Gasteiger partial charge in [-0.05, 0) is 6.92 Å². The van der Waals surface area contributed by atoms with E-state index < -0.39 is 0 Å². The van der Waals surface area contributed by atoms with Gasteiger partial charge in [0, 0.05) is 66.6 Å². The lowest BCUT2D eigenvalue weighted by atomic mass is 10.1. The van der Waals surface area contributed by atoms with Crippen molar-refractivity contribution in [2.45, 2.75) is 19.5 Å². The molecule has 1 saturated heterocycles. The van der Waals surface area contributed by atoms with Crippen LogP contribution in [0.15, 0.2) is 18.6 Å². The highest BCUT2D eigenvalue weighted by Crippen LogP contribution is 2.18. The molecule has 2 aromatic rings. The molecule has 0 unspecified atom stereocenters. The van der Waals surface area contributed by atoms with Crippen molar-refractivity contribution in [3.05, 3.63) is 29.8 Å². The van der Waals surface area contributed by atoms with Crippen LogP contribution in [0.1, 0.15) is 23.0 Å². The molecule has 0 aromatic carbocycles. The van der Waals surface area contributed by atoms with Gasteiger partial charge in [0.2, 0.25) is 5.95 Å². The zero-order valence-corrected chi connectivity index (χ0v) is 15.7. The summed E-state index contributed by atoms with van der Waals surface area (Å²) in [4.78, 5) is 23.5. The standard InChI is InChI=1S/C17H27N7O/c1-13-10-23(12-15-9-18-17(20(2)3)22(15)5)6-7-24(13)16(25)14-8-19-21(4)11-14/h8-9,11,13H,6-7,10,12H2,1-5H3/t13-/m0/s1. The van der Waals surface area contributed by atoms with Crippen molar-refractivity contribution in [3.63, 3.8) is 0 Å². The molecule has 1 atom stereocenters. The molecule has 1 amide bonds. The molecule has 136 valence electrons. The summed E-state index contributed by atoms with van der Waals surface area (Å²) in [7, 11) is 7.87. The van der Waals surface area contributed by atoms with Crippen LogP contribution in [-0.2, 0) is 20.6 Å². The third-order valence-electron chi connectivity index (χ3n) is 4.77. The van der Waals surface area contributed by atoms with Gasteiger partial charge in [0.1, 0.15) is 0 Å². The smallest absolute Gasteiger partial charge is 0.257 e. The molecule has 25 heavy (non-hydrogen) atoms. The maximum atomic E-state index is 12.7. The van der Waals surface area contributed by atoms with Crippen LogP contribution < -0.4 is 4.90 Å². The normalized spacial score (nSPS) is 18.6. The van der Waals surface area contributed by atoms with Gasteiger partial charge in [-0.15, -0.1) is 0 Å². The van der Waals surface area contributed by atoms with E-state index in [1.54, 1.807) is 17.1 Å². The second kappa shape index (κ2) is 6.87. The first kappa shape index (κ1) is 17.5. The first-order valence-corrected chi connectivity index (χ1v) is 8.56. The number of aromatic nitrogens is 4. The number of carbonyl (C=O) groups is 1. The predicted octanol–water partition coefficient (Wildman–Crippen LogP) is 0.566. The number of hydrogen-bond donors (Lipinski definition) is 0. The van der Waals surface area contributed by atoms with E-state index in [9.17, 15) is 4.79 Å². The molecule has 0 radical (unpaired) electrons. The van der Waals surface area contributed by atoms with Crippen LogP contribution in [0.4, 0.5) is 5.95 Å². The number of rotatable bonds is 4. The van der Waals surface area contributed by atoms with Crippen LogP contribution in [0.25, 0.3) is 0 Å². The number of aryl methyl sites for hydroxylation is 1. The Morgan fingerprint density at radius 1 is 1.28 bits per heavy atom. The Morgan fingerprint density at radius 3 is 2.60 bits per heavy atom. The summed E-state index contributed by atoms with van der Waals surface area (Å²) >= 11 is 0. The zero-order valence-electron chi connectivity index (χ0n) is 15.7. The van der Waals surface area contributed by atoms with Gasteiger partial charge in [0.15, 0.2) is 0 Å². The quantitative estimate of drug-likeness (QED) is 0.811. The number of anilines is 1. The van der Waals surface area contributed by atoms with Gasteiger partial charge in [-0.3, -0.25) is 14.4 Å². The molecular formula is C17H27N7O. The number of imidazole rings is 1. The fourth-order valence-electron chi connectivity index (χ4n) is 3.40. The Labute approximate surface area is 148 Å². The molecule has 0 bridgehead atoms. The SMILES string of the molecule is C[C@H]1CN(Cc2cnc(N(C)C)n2C)CCN1C(=O)c1cnn(C)c1. The largest absolute Gasteiger partial charge is 0.348 e. The van der Waals surface area contributed by atoms with Gasteiger partial charge in [-0.1, -0.05) is 0 Å². The molecule has 0 N–H and O–H groups in total. The van der Waals surface area contributed by atoms with Crippen molar-refractivity contribution in [1.29, 1.82) is 0 Å². The maximum absolute atomic E-state index is 12.7. The molecular weight excluding hydrogens is 318 g/mol. The molecule has 0 spiro atoms. The van der Waals surface area contributed by atoms with Crippen molar-refractivity contribution >= 4 is 11.9 Å². The molecule has 1 fully saturated rings. The lowest BCUT2D eigenvalue weighted by Crippen LogP contribution is -2.53. The molecule has 3 rings (SSSR count). The maximum Gasteiger partial charge on any atom is 0.257 e. The Balaban J connectivity index is 1.63. The van der Waals surface area contributed by atoms with Gasteiger partial charge >= 0.3 is 0 Å². The van der Waals surface area contributed by atoms with Crippen LogP contribution in [0, 0.1) is 0 Å². The molecule has 8 nitrogen and oxygen atoms in total. The van der Waals surface area contributed by atoms with Crippen LogP contribution in [0.5, 0.6) is 0 Å².